The molecule has 1 heterocycles. The fraction of sp³-hybridized carbons (Fsp3) is 0.143. The van der Waals surface area contributed by atoms with E-state index in [1.54, 1.807) is 0 Å². The first-order chi connectivity index (χ1) is 7.86. The van der Waals surface area contributed by atoms with Crippen LogP contribution in [0.25, 0.3) is 0 Å². The maximum atomic E-state index is 5.36. The summed E-state index contributed by atoms with van der Waals surface area (Å²) in [4.78, 5) is 0. The standard InChI is InChI=1S/C8H9N.C6H7N/c1-2-4-8-6-9-5-7(8)3-1;7-6-4-2-1-3-5-6/h1-4,9H,5-6H2;1-5H,7H2. The number of anilines is 1. The highest BCUT2D eigenvalue weighted by molar-refractivity contribution is 5.35. The van der Waals surface area contributed by atoms with Gasteiger partial charge in [-0.1, -0.05) is 42.5 Å². The van der Waals surface area contributed by atoms with Crippen LogP contribution in [-0.4, -0.2) is 0 Å². The van der Waals surface area contributed by atoms with Gasteiger partial charge in [-0.05, 0) is 23.3 Å². The van der Waals surface area contributed by atoms with Gasteiger partial charge in [-0.25, -0.2) is 0 Å². The average Bonchev–Trinajstić information content (AvgIpc) is 2.79. The van der Waals surface area contributed by atoms with Gasteiger partial charge in [-0.2, -0.15) is 0 Å². The third kappa shape index (κ3) is 2.84. The minimum atomic E-state index is 0.822. The molecule has 1 aliphatic rings. The van der Waals surface area contributed by atoms with Crippen LogP contribution in [0.4, 0.5) is 5.69 Å². The van der Waals surface area contributed by atoms with E-state index in [2.05, 4.69) is 29.6 Å². The average molecular weight is 212 g/mol. The number of fused-ring (bicyclic) bond motifs is 1. The van der Waals surface area contributed by atoms with E-state index >= 15 is 0 Å². The number of para-hydroxylation sites is 1. The Balaban J connectivity index is 0.000000125. The second kappa shape index (κ2) is 5.33. The van der Waals surface area contributed by atoms with Crippen molar-refractivity contribution < 1.29 is 0 Å². The number of nitrogens with one attached hydrogen (secondary N) is 1. The Labute approximate surface area is 96.1 Å². The van der Waals surface area contributed by atoms with Crippen molar-refractivity contribution in [2.75, 3.05) is 5.73 Å². The van der Waals surface area contributed by atoms with E-state index < -0.39 is 0 Å². The zero-order valence-corrected chi connectivity index (χ0v) is 9.19. The van der Waals surface area contributed by atoms with E-state index in [0.717, 1.165) is 18.8 Å². The van der Waals surface area contributed by atoms with Crippen LogP contribution >= 0.6 is 0 Å². The van der Waals surface area contributed by atoms with Crippen LogP contribution in [-0.2, 0) is 13.1 Å². The van der Waals surface area contributed by atoms with E-state index in [9.17, 15) is 0 Å². The van der Waals surface area contributed by atoms with Gasteiger partial charge >= 0.3 is 0 Å². The predicted octanol–water partition coefficient (Wildman–Crippen LogP) is 2.56. The van der Waals surface area contributed by atoms with E-state index in [0.29, 0.717) is 0 Å². The van der Waals surface area contributed by atoms with Crippen molar-refractivity contribution in [2.24, 2.45) is 0 Å². The van der Waals surface area contributed by atoms with Crippen molar-refractivity contribution >= 4 is 5.69 Å². The molecule has 16 heavy (non-hydrogen) atoms. The minimum Gasteiger partial charge on any atom is -0.399 e. The maximum Gasteiger partial charge on any atom is 0.0313 e. The molecule has 2 aromatic carbocycles. The molecule has 0 amide bonds. The molecule has 0 unspecified atom stereocenters. The molecule has 0 aliphatic carbocycles. The quantitative estimate of drug-likeness (QED) is 0.659. The zero-order chi connectivity index (χ0) is 11.2. The number of benzene rings is 2. The van der Waals surface area contributed by atoms with Crippen LogP contribution < -0.4 is 11.1 Å². The van der Waals surface area contributed by atoms with Crippen molar-refractivity contribution in [2.45, 2.75) is 13.1 Å². The molecule has 2 aromatic rings. The summed E-state index contributed by atoms with van der Waals surface area (Å²) in [5.74, 6) is 0. The zero-order valence-electron chi connectivity index (χ0n) is 9.19. The molecule has 2 heteroatoms. The van der Waals surface area contributed by atoms with Crippen LogP contribution in [0.1, 0.15) is 11.1 Å². The Morgan fingerprint density at radius 3 is 1.69 bits per heavy atom. The Morgan fingerprint density at radius 2 is 1.25 bits per heavy atom. The van der Waals surface area contributed by atoms with Crippen LogP contribution in [0.2, 0.25) is 0 Å². The van der Waals surface area contributed by atoms with Crippen molar-refractivity contribution in [1.82, 2.24) is 5.32 Å². The molecule has 0 spiro atoms. The van der Waals surface area contributed by atoms with E-state index in [1.165, 1.54) is 11.1 Å². The lowest BCUT2D eigenvalue weighted by atomic mass is 10.1. The van der Waals surface area contributed by atoms with Gasteiger partial charge in [0.15, 0.2) is 0 Å². The molecule has 3 rings (SSSR count). The second-order valence-electron chi connectivity index (χ2n) is 3.78. The van der Waals surface area contributed by atoms with Gasteiger partial charge in [0.05, 0.1) is 0 Å². The summed E-state index contributed by atoms with van der Waals surface area (Å²) in [6.07, 6.45) is 0. The lowest BCUT2D eigenvalue weighted by Crippen LogP contribution is -1.99. The lowest BCUT2D eigenvalue weighted by Gasteiger charge is -1.91. The fourth-order valence-electron chi connectivity index (χ4n) is 1.69. The van der Waals surface area contributed by atoms with Crippen LogP contribution in [0.3, 0.4) is 0 Å². The van der Waals surface area contributed by atoms with Crippen LogP contribution in [0.5, 0.6) is 0 Å². The number of nitrogen functional groups attached to an aromatic ring is 1. The first-order valence-electron chi connectivity index (χ1n) is 5.44. The van der Waals surface area contributed by atoms with Gasteiger partial charge in [0.1, 0.15) is 0 Å². The highest BCUT2D eigenvalue weighted by Crippen LogP contribution is 2.12. The summed E-state index contributed by atoms with van der Waals surface area (Å²) in [5.41, 5.74) is 9.09. The molecule has 0 aromatic heterocycles. The highest BCUT2D eigenvalue weighted by Gasteiger charge is 2.06. The van der Waals surface area contributed by atoms with Crippen molar-refractivity contribution in [1.29, 1.82) is 0 Å². The molecule has 0 saturated carbocycles. The summed E-state index contributed by atoms with van der Waals surface area (Å²) in [6, 6.07) is 18.0. The predicted molar refractivity (Wildman–Crippen MR) is 67.8 cm³/mol. The van der Waals surface area contributed by atoms with Crippen LogP contribution in [0, 0.1) is 0 Å². The molecule has 3 N–H and O–H groups in total. The van der Waals surface area contributed by atoms with Gasteiger partial charge in [-0.15, -0.1) is 0 Å². The summed E-state index contributed by atoms with van der Waals surface area (Å²) >= 11 is 0. The number of nitrogens with two attached hydrogens (primary N) is 1. The topological polar surface area (TPSA) is 38.0 Å². The van der Waals surface area contributed by atoms with Gasteiger partial charge in [0.2, 0.25) is 0 Å². The summed E-state index contributed by atoms with van der Waals surface area (Å²) in [6.45, 7) is 2.10. The number of hydrogen-bond acceptors (Lipinski definition) is 2. The Bertz CT molecular complexity index is 414. The Morgan fingerprint density at radius 1 is 0.750 bits per heavy atom. The highest BCUT2D eigenvalue weighted by atomic mass is 14.9. The molecule has 0 fully saturated rings. The fourth-order valence-corrected chi connectivity index (χ4v) is 1.69. The minimum absolute atomic E-state index is 0.822. The van der Waals surface area contributed by atoms with E-state index in [1.807, 2.05) is 30.3 Å². The molecule has 1 aliphatic heterocycles. The third-order valence-corrected chi connectivity index (χ3v) is 2.55. The van der Waals surface area contributed by atoms with Crippen molar-refractivity contribution in [3.05, 3.63) is 65.7 Å². The SMILES string of the molecule is Nc1ccccc1.c1ccc2c(c1)CNC2. The first kappa shape index (κ1) is 10.7. The smallest absolute Gasteiger partial charge is 0.0313 e. The monoisotopic (exact) mass is 212 g/mol. The second-order valence-corrected chi connectivity index (χ2v) is 3.78. The molecular weight excluding hydrogens is 196 g/mol. The molecule has 82 valence electrons. The maximum absolute atomic E-state index is 5.36. The Hall–Kier alpha value is -1.80. The molecular formula is C14H16N2. The summed E-state index contributed by atoms with van der Waals surface area (Å²) in [5, 5.41) is 3.29. The molecule has 0 radical (unpaired) electrons. The van der Waals surface area contributed by atoms with Gasteiger partial charge in [0.25, 0.3) is 0 Å². The van der Waals surface area contributed by atoms with E-state index in [4.69, 9.17) is 5.73 Å². The molecule has 2 nitrogen and oxygen atoms in total. The van der Waals surface area contributed by atoms with Gasteiger partial charge in [-0.3, -0.25) is 0 Å². The number of rotatable bonds is 0. The summed E-state index contributed by atoms with van der Waals surface area (Å²) in [7, 11) is 0. The van der Waals surface area contributed by atoms with Crippen molar-refractivity contribution in [3.63, 3.8) is 0 Å². The Kier molecular flexibility index (Phi) is 3.57. The van der Waals surface area contributed by atoms with E-state index in [-0.39, 0.29) is 0 Å². The molecule has 0 bridgehead atoms. The third-order valence-electron chi connectivity index (χ3n) is 2.55. The summed E-state index contributed by atoms with van der Waals surface area (Å²) < 4.78 is 0. The normalized spacial score (nSPS) is 12.5. The molecule has 0 atom stereocenters. The first-order valence-corrected chi connectivity index (χ1v) is 5.44. The van der Waals surface area contributed by atoms with Crippen LogP contribution in [0.15, 0.2) is 54.6 Å². The van der Waals surface area contributed by atoms with Crippen molar-refractivity contribution in [3.8, 4) is 0 Å². The largest absolute Gasteiger partial charge is 0.399 e. The van der Waals surface area contributed by atoms with Gasteiger partial charge in [0, 0.05) is 18.8 Å². The number of hydrogen-bond donors (Lipinski definition) is 2. The van der Waals surface area contributed by atoms with Gasteiger partial charge < -0.3 is 11.1 Å². The molecule has 0 saturated heterocycles. The lowest BCUT2D eigenvalue weighted by molar-refractivity contribution is 0.765.